The normalized spacial score (nSPS) is 16.8. The van der Waals surface area contributed by atoms with Crippen LogP contribution in [0.5, 0.6) is 0 Å². The lowest BCUT2D eigenvalue weighted by Gasteiger charge is -2.36. The summed E-state index contributed by atoms with van der Waals surface area (Å²) in [7, 11) is 0. The highest BCUT2D eigenvalue weighted by Crippen LogP contribution is 2.25. The number of hydrogen-bond acceptors (Lipinski definition) is 2. The van der Waals surface area contributed by atoms with Crippen LogP contribution < -0.4 is 4.90 Å². The maximum Gasteiger partial charge on any atom is 0.0639 e. The molecule has 2 nitrogen and oxygen atoms in total. The van der Waals surface area contributed by atoms with E-state index in [1.165, 1.54) is 25.1 Å². The van der Waals surface area contributed by atoms with Gasteiger partial charge in [-0.25, -0.2) is 0 Å². The molecule has 0 amide bonds. The Hall–Kier alpha value is -0.440. The van der Waals surface area contributed by atoms with Crippen molar-refractivity contribution in [2.24, 2.45) is 0 Å². The second kappa shape index (κ2) is 7.98. The molecule has 0 saturated carbocycles. The smallest absolute Gasteiger partial charge is 0.0639 e. The highest BCUT2D eigenvalue weighted by molar-refractivity contribution is 6.33. The summed E-state index contributed by atoms with van der Waals surface area (Å²) in [6.07, 6.45) is 3.65. The number of rotatable bonds is 6. The van der Waals surface area contributed by atoms with Gasteiger partial charge < -0.3 is 4.90 Å². The third kappa shape index (κ3) is 4.55. The van der Waals surface area contributed by atoms with Gasteiger partial charge in [-0.3, -0.25) is 4.90 Å². The minimum atomic E-state index is 0.792. The quantitative estimate of drug-likeness (QED) is 0.581. The van der Waals surface area contributed by atoms with Gasteiger partial charge in [-0.2, -0.15) is 0 Å². The van der Waals surface area contributed by atoms with E-state index < -0.39 is 0 Å². The molecule has 1 aliphatic heterocycles. The van der Waals surface area contributed by atoms with Crippen LogP contribution >= 0.6 is 23.2 Å². The highest BCUT2D eigenvalue weighted by atomic mass is 35.5. The van der Waals surface area contributed by atoms with Crippen LogP contribution in [0, 0.1) is 0 Å². The molecule has 1 fully saturated rings. The Morgan fingerprint density at radius 3 is 2.37 bits per heavy atom. The maximum absolute atomic E-state index is 6.24. The molecule has 0 atom stereocenters. The SMILES string of the molecule is ClCCCCCN1CCN(c2ccccc2Cl)CC1. The Balaban J connectivity index is 1.75. The van der Waals surface area contributed by atoms with E-state index in [1.807, 2.05) is 12.1 Å². The molecule has 19 heavy (non-hydrogen) atoms. The molecule has 0 spiro atoms. The van der Waals surface area contributed by atoms with Crippen LogP contribution in [0.2, 0.25) is 5.02 Å². The zero-order chi connectivity index (χ0) is 13.5. The van der Waals surface area contributed by atoms with Crippen LogP contribution in [0.25, 0.3) is 0 Å². The zero-order valence-corrected chi connectivity index (χ0v) is 12.8. The largest absolute Gasteiger partial charge is 0.368 e. The minimum Gasteiger partial charge on any atom is -0.368 e. The molecule has 0 bridgehead atoms. The van der Waals surface area contributed by atoms with Crippen molar-refractivity contribution in [1.29, 1.82) is 0 Å². The fourth-order valence-corrected chi connectivity index (χ4v) is 2.97. The molecule has 1 aliphatic rings. The lowest BCUT2D eigenvalue weighted by atomic mass is 10.2. The second-order valence-electron chi connectivity index (χ2n) is 5.03. The Morgan fingerprint density at radius 1 is 0.947 bits per heavy atom. The topological polar surface area (TPSA) is 6.48 Å². The van der Waals surface area contributed by atoms with Crippen molar-refractivity contribution in [3.63, 3.8) is 0 Å². The van der Waals surface area contributed by atoms with E-state index in [2.05, 4.69) is 21.9 Å². The van der Waals surface area contributed by atoms with Gasteiger partial charge in [0.25, 0.3) is 0 Å². The molecule has 1 heterocycles. The number of piperazine rings is 1. The summed E-state index contributed by atoms with van der Waals surface area (Å²) in [4.78, 5) is 4.93. The lowest BCUT2D eigenvalue weighted by molar-refractivity contribution is 0.253. The van der Waals surface area contributed by atoms with E-state index in [9.17, 15) is 0 Å². The van der Waals surface area contributed by atoms with Gasteiger partial charge in [0.15, 0.2) is 0 Å². The summed E-state index contributed by atoms with van der Waals surface area (Å²) in [5.41, 5.74) is 1.17. The third-order valence-electron chi connectivity index (χ3n) is 3.67. The number of nitrogens with zero attached hydrogens (tertiary/aromatic N) is 2. The van der Waals surface area contributed by atoms with Gasteiger partial charge in [0.2, 0.25) is 0 Å². The molecule has 2 rings (SSSR count). The van der Waals surface area contributed by atoms with Gasteiger partial charge >= 0.3 is 0 Å². The molecule has 4 heteroatoms. The molecule has 0 aliphatic carbocycles. The van der Waals surface area contributed by atoms with Gasteiger partial charge in [-0.1, -0.05) is 30.2 Å². The van der Waals surface area contributed by atoms with Crippen LogP contribution in [-0.2, 0) is 0 Å². The summed E-state index contributed by atoms with van der Waals surface area (Å²) in [6.45, 7) is 5.60. The first-order chi connectivity index (χ1) is 9.31. The number of hydrogen-bond donors (Lipinski definition) is 0. The average Bonchev–Trinajstić information content (AvgIpc) is 2.45. The number of benzene rings is 1. The Bertz CT molecular complexity index is 376. The lowest BCUT2D eigenvalue weighted by Crippen LogP contribution is -2.46. The van der Waals surface area contributed by atoms with Gasteiger partial charge in [0.1, 0.15) is 0 Å². The van der Waals surface area contributed by atoms with Crippen LogP contribution in [0.15, 0.2) is 24.3 Å². The zero-order valence-electron chi connectivity index (χ0n) is 11.3. The molecule has 1 saturated heterocycles. The van der Waals surface area contributed by atoms with Gasteiger partial charge in [-0.05, 0) is 31.5 Å². The van der Waals surface area contributed by atoms with E-state index in [0.717, 1.165) is 43.5 Å². The summed E-state index contributed by atoms with van der Waals surface area (Å²) in [5.74, 6) is 0.792. The van der Waals surface area contributed by atoms with Crippen molar-refractivity contribution in [2.45, 2.75) is 19.3 Å². The molecule has 0 unspecified atom stereocenters. The summed E-state index contributed by atoms with van der Waals surface area (Å²) in [5, 5.41) is 0.859. The number of alkyl halides is 1. The average molecular weight is 301 g/mol. The van der Waals surface area contributed by atoms with Crippen molar-refractivity contribution in [3.8, 4) is 0 Å². The Kier molecular flexibility index (Phi) is 6.29. The summed E-state index contributed by atoms with van der Waals surface area (Å²) < 4.78 is 0. The fraction of sp³-hybridized carbons (Fsp3) is 0.600. The van der Waals surface area contributed by atoms with Crippen molar-refractivity contribution < 1.29 is 0 Å². The van der Waals surface area contributed by atoms with E-state index in [4.69, 9.17) is 23.2 Å². The molecular formula is C15H22Cl2N2. The molecule has 1 aromatic carbocycles. The number of halogens is 2. The molecule has 0 radical (unpaired) electrons. The van der Waals surface area contributed by atoms with Crippen LogP contribution in [0.1, 0.15) is 19.3 Å². The van der Waals surface area contributed by atoms with Crippen molar-refractivity contribution >= 4 is 28.9 Å². The highest BCUT2D eigenvalue weighted by Gasteiger charge is 2.17. The number of para-hydroxylation sites is 1. The third-order valence-corrected chi connectivity index (χ3v) is 4.26. The predicted molar refractivity (Wildman–Crippen MR) is 84.7 cm³/mol. The van der Waals surface area contributed by atoms with E-state index in [1.54, 1.807) is 0 Å². The van der Waals surface area contributed by atoms with Crippen LogP contribution in [-0.4, -0.2) is 43.5 Å². The summed E-state index contributed by atoms with van der Waals surface area (Å²) in [6, 6.07) is 8.12. The van der Waals surface area contributed by atoms with Gasteiger partial charge in [0, 0.05) is 32.1 Å². The monoisotopic (exact) mass is 300 g/mol. The van der Waals surface area contributed by atoms with Crippen LogP contribution in [0.4, 0.5) is 5.69 Å². The summed E-state index contributed by atoms with van der Waals surface area (Å²) >= 11 is 11.9. The molecule has 1 aromatic rings. The van der Waals surface area contributed by atoms with Crippen molar-refractivity contribution in [1.82, 2.24) is 4.90 Å². The Labute approximate surface area is 126 Å². The minimum absolute atomic E-state index is 0.792. The first kappa shape index (κ1) is 15.0. The van der Waals surface area contributed by atoms with Gasteiger partial charge in [-0.15, -0.1) is 11.6 Å². The standard InChI is InChI=1S/C15H22Cl2N2/c16-8-4-1-5-9-18-10-12-19(13-11-18)15-7-3-2-6-14(15)17/h2-3,6-7H,1,4-5,8-13H2. The number of anilines is 1. The molecule has 0 N–H and O–H groups in total. The number of unbranched alkanes of at least 4 members (excludes halogenated alkanes) is 2. The first-order valence-electron chi connectivity index (χ1n) is 7.09. The predicted octanol–water partition coefficient (Wildman–Crippen LogP) is 3.87. The van der Waals surface area contributed by atoms with Crippen molar-refractivity contribution in [3.05, 3.63) is 29.3 Å². The maximum atomic E-state index is 6.24. The molecule has 0 aromatic heterocycles. The Morgan fingerprint density at radius 2 is 1.68 bits per heavy atom. The van der Waals surface area contributed by atoms with Crippen LogP contribution in [0.3, 0.4) is 0 Å². The second-order valence-corrected chi connectivity index (χ2v) is 5.81. The van der Waals surface area contributed by atoms with E-state index in [-0.39, 0.29) is 0 Å². The molecule has 106 valence electrons. The van der Waals surface area contributed by atoms with Crippen molar-refractivity contribution in [2.75, 3.05) is 43.5 Å². The fourth-order valence-electron chi connectivity index (χ4n) is 2.53. The first-order valence-corrected chi connectivity index (χ1v) is 8.00. The van der Waals surface area contributed by atoms with E-state index in [0.29, 0.717) is 0 Å². The van der Waals surface area contributed by atoms with Gasteiger partial charge in [0.05, 0.1) is 10.7 Å². The molecular weight excluding hydrogens is 279 g/mol. The van der Waals surface area contributed by atoms with E-state index >= 15 is 0 Å².